The van der Waals surface area contributed by atoms with E-state index in [0.29, 0.717) is 46.0 Å². The maximum absolute atomic E-state index is 12.1. The molecule has 0 saturated carbocycles. The molecule has 6 nitrogen and oxygen atoms in total. The second-order valence-corrected chi connectivity index (χ2v) is 9.50. The summed E-state index contributed by atoms with van der Waals surface area (Å²) in [5.41, 5.74) is 1.60. The lowest BCUT2D eigenvalue weighted by Crippen LogP contribution is -2.13. The molecule has 0 aliphatic heterocycles. The lowest BCUT2D eigenvalue weighted by atomic mass is 10.2. The molecule has 2 aromatic carbocycles. The van der Waals surface area contributed by atoms with Crippen LogP contribution in [0.5, 0.6) is 0 Å². The molecule has 2 aromatic heterocycles. The first kappa shape index (κ1) is 21.0. The van der Waals surface area contributed by atoms with Crippen LogP contribution in [0.25, 0.3) is 20.4 Å². The van der Waals surface area contributed by atoms with Gasteiger partial charge in [0.25, 0.3) is 0 Å². The number of unbranched alkanes of at least 4 members (excludes halogenated alkanes) is 1. The molecule has 0 bridgehead atoms. The van der Waals surface area contributed by atoms with Crippen molar-refractivity contribution in [3.05, 3.63) is 46.4 Å². The zero-order valence-corrected chi connectivity index (χ0v) is 18.7. The average molecular weight is 479 g/mol. The number of hydrogen-bond donors (Lipinski definition) is 2. The third kappa shape index (κ3) is 5.26. The maximum atomic E-state index is 12.1. The second kappa shape index (κ2) is 9.26. The molecule has 30 heavy (non-hydrogen) atoms. The monoisotopic (exact) mass is 478 g/mol. The van der Waals surface area contributed by atoms with Crippen LogP contribution >= 0.6 is 45.9 Å². The molecule has 4 rings (SSSR count). The van der Waals surface area contributed by atoms with Crippen molar-refractivity contribution in [3.8, 4) is 0 Å². The molecule has 0 atom stereocenters. The van der Waals surface area contributed by atoms with Crippen molar-refractivity contribution in [3.63, 3.8) is 0 Å². The fourth-order valence-corrected chi connectivity index (χ4v) is 5.15. The highest BCUT2D eigenvalue weighted by atomic mass is 35.5. The van der Waals surface area contributed by atoms with Gasteiger partial charge in [-0.2, -0.15) is 0 Å². The number of anilines is 2. The Morgan fingerprint density at radius 1 is 0.767 bits per heavy atom. The van der Waals surface area contributed by atoms with E-state index in [1.807, 2.05) is 24.3 Å². The van der Waals surface area contributed by atoms with Crippen molar-refractivity contribution in [2.45, 2.75) is 25.7 Å². The molecular formula is C20H16Cl2N4O2S2. The highest BCUT2D eigenvalue weighted by molar-refractivity contribution is 7.22. The topological polar surface area (TPSA) is 84.0 Å². The first-order valence-electron chi connectivity index (χ1n) is 9.18. The zero-order valence-electron chi connectivity index (χ0n) is 15.6. The minimum absolute atomic E-state index is 0.122. The predicted molar refractivity (Wildman–Crippen MR) is 125 cm³/mol. The molecule has 0 fully saturated rings. The molecule has 0 radical (unpaired) electrons. The number of aromatic nitrogens is 2. The van der Waals surface area contributed by atoms with Gasteiger partial charge < -0.3 is 10.6 Å². The van der Waals surface area contributed by atoms with E-state index < -0.39 is 0 Å². The first-order chi connectivity index (χ1) is 14.5. The van der Waals surface area contributed by atoms with E-state index >= 15 is 0 Å². The fourth-order valence-electron chi connectivity index (χ4n) is 2.84. The Kier molecular flexibility index (Phi) is 6.48. The van der Waals surface area contributed by atoms with Crippen LogP contribution in [-0.4, -0.2) is 21.8 Å². The number of rotatable bonds is 7. The summed E-state index contributed by atoms with van der Waals surface area (Å²) in [7, 11) is 0. The number of halogens is 2. The summed E-state index contributed by atoms with van der Waals surface area (Å²) in [5.74, 6) is -0.243. The Balaban J connectivity index is 1.20. The lowest BCUT2D eigenvalue weighted by Gasteiger charge is -2.02. The molecule has 2 amide bonds. The van der Waals surface area contributed by atoms with Gasteiger partial charge in [0.1, 0.15) is 0 Å². The molecule has 154 valence electrons. The SMILES string of the molecule is O=C(CCCCC(=O)Nc1nc2ccc(Cl)cc2s1)Nc1nc2ccc(Cl)cc2s1. The third-order valence-corrected chi connectivity index (χ3v) is 6.59. The summed E-state index contributed by atoms with van der Waals surface area (Å²) in [6.45, 7) is 0. The van der Waals surface area contributed by atoms with Crippen LogP contribution in [0, 0.1) is 0 Å². The third-order valence-electron chi connectivity index (χ3n) is 4.25. The fraction of sp³-hybridized carbons (Fsp3) is 0.200. The van der Waals surface area contributed by atoms with Gasteiger partial charge >= 0.3 is 0 Å². The van der Waals surface area contributed by atoms with Crippen molar-refractivity contribution in [2.24, 2.45) is 0 Å². The van der Waals surface area contributed by atoms with E-state index in [1.165, 1.54) is 22.7 Å². The number of carbonyl (C=O) groups is 2. The van der Waals surface area contributed by atoms with Crippen LogP contribution in [-0.2, 0) is 9.59 Å². The molecular weight excluding hydrogens is 463 g/mol. The number of carbonyl (C=O) groups excluding carboxylic acids is 2. The van der Waals surface area contributed by atoms with Gasteiger partial charge in [0.2, 0.25) is 11.8 Å². The molecule has 2 N–H and O–H groups in total. The quantitative estimate of drug-likeness (QED) is 0.303. The van der Waals surface area contributed by atoms with Crippen molar-refractivity contribution in [2.75, 3.05) is 10.6 Å². The van der Waals surface area contributed by atoms with Crippen LogP contribution in [0.3, 0.4) is 0 Å². The number of nitrogens with one attached hydrogen (secondary N) is 2. The van der Waals surface area contributed by atoms with Gasteiger partial charge in [-0.15, -0.1) is 0 Å². The Labute approximate surface area is 190 Å². The highest BCUT2D eigenvalue weighted by Crippen LogP contribution is 2.29. The van der Waals surface area contributed by atoms with Gasteiger partial charge in [0.05, 0.1) is 20.4 Å². The van der Waals surface area contributed by atoms with Gasteiger partial charge in [0, 0.05) is 22.9 Å². The van der Waals surface area contributed by atoms with Crippen LogP contribution in [0.15, 0.2) is 36.4 Å². The molecule has 0 unspecified atom stereocenters. The summed E-state index contributed by atoms with van der Waals surface area (Å²) in [4.78, 5) is 33.0. The number of nitrogens with zero attached hydrogens (tertiary/aromatic N) is 2. The minimum atomic E-state index is -0.122. The van der Waals surface area contributed by atoms with E-state index in [4.69, 9.17) is 23.2 Å². The molecule has 0 aliphatic carbocycles. The summed E-state index contributed by atoms with van der Waals surface area (Å²) >= 11 is 14.7. The van der Waals surface area contributed by atoms with Gasteiger partial charge in [0.15, 0.2) is 10.3 Å². The maximum Gasteiger partial charge on any atom is 0.226 e. The van der Waals surface area contributed by atoms with Gasteiger partial charge in [-0.25, -0.2) is 9.97 Å². The van der Waals surface area contributed by atoms with E-state index in [0.717, 1.165) is 20.4 Å². The predicted octanol–water partition coefficient (Wildman–Crippen LogP) is 6.35. The summed E-state index contributed by atoms with van der Waals surface area (Å²) in [6.07, 6.45) is 1.85. The highest BCUT2D eigenvalue weighted by Gasteiger charge is 2.10. The van der Waals surface area contributed by atoms with Crippen molar-refractivity contribution in [1.82, 2.24) is 9.97 Å². The number of fused-ring (bicyclic) bond motifs is 2. The molecule has 4 aromatic rings. The van der Waals surface area contributed by atoms with Gasteiger partial charge in [-0.3, -0.25) is 9.59 Å². The number of hydrogen-bond acceptors (Lipinski definition) is 6. The van der Waals surface area contributed by atoms with Crippen molar-refractivity contribution < 1.29 is 9.59 Å². The summed E-state index contributed by atoms with van der Waals surface area (Å²) in [6, 6.07) is 10.8. The molecule has 0 aliphatic rings. The largest absolute Gasteiger partial charge is 0.302 e. The average Bonchev–Trinajstić information content (AvgIpc) is 3.27. The lowest BCUT2D eigenvalue weighted by molar-refractivity contribution is -0.118. The summed E-state index contributed by atoms with van der Waals surface area (Å²) in [5, 5.41) is 7.97. The molecule has 10 heteroatoms. The molecule has 0 spiro atoms. The standard InChI is InChI=1S/C20H16Cl2N4O2S2/c21-11-5-7-13-15(9-11)29-19(23-13)25-17(27)3-1-2-4-18(28)26-20-24-14-8-6-12(22)10-16(14)30-20/h5-10H,1-4H2,(H,23,25,27)(H,24,26,28). The van der Waals surface area contributed by atoms with Gasteiger partial charge in [-0.1, -0.05) is 45.9 Å². The molecule has 2 heterocycles. The van der Waals surface area contributed by atoms with Crippen LogP contribution < -0.4 is 10.6 Å². The Hall–Kier alpha value is -2.26. The number of benzene rings is 2. The van der Waals surface area contributed by atoms with E-state index in [-0.39, 0.29) is 11.8 Å². The normalized spacial score (nSPS) is 11.1. The van der Waals surface area contributed by atoms with Crippen LogP contribution in [0.4, 0.5) is 10.3 Å². The summed E-state index contributed by atoms with van der Waals surface area (Å²) < 4.78 is 1.85. The first-order valence-corrected chi connectivity index (χ1v) is 11.6. The van der Waals surface area contributed by atoms with E-state index in [1.54, 1.807) is 12.1 Å². The van der Waals surface area contributed by atoms with Crippen LogP contribution in [0.1, 0.15) is 25.7 Å². The Morgan fingerprint density at radius 3 is 1.63 bits per heavy atom. The number of thiazole rings is 2. The van der Waals surface area contributed by atoms with Gasteiger partial charge in [-0.05, 0) is 49.2 Å². The Bertz CT molecular complexity index is 1140. The van der Waals surface area contributed by atoms with E-state index in [2.05, 4.69) is 20.6 Å². The van der Waals surface area contributed by atoms with Crippen molar-refractivity contribution >= 4 is 88.4 Å². The Morgan fingerprint density at radius 2 is 1.20 bits per heavy atom. The smallest absolute Gasteiger partial charge is 0.226 e. The molecule has 0 saturated heterocycles. The second-order valence-electron chi connectivity index (χ2n) is 6.57. The number of amides is 2. The minimum Gasteiger partial charge on any atom is -0.302 e. The van der Waals surface area contributed by atoms with E-state index in [9.17, 15) is 9.59 Å². The van der Waals surface area contributed by atoms with Crippen LogP contribution in [0.2, 0.25) is 10.0 Å². The van der Waals surface area contributed by atoms with Crippen molar-refractivity contribution in [1.29, 1.82) is 0 Å². The zero-order chi connectivity index (χ0) is 21.1.